The van der Waals surface area contributed by atoms with Gasteiger partial charge in [0.2, 0.25) is 0 Å². The summed E-state index contributed by atoms with van der Waals surface area (Å²) in [5.74, 6) is 0. The molecule has 2 nitrogen and oxygen atoms in total. The van der Waals surface area contributed by atoms with Crippen molar-refractivity contribution in [2.24, 2.45) is 0 Å². The van der Waals surface area contributed by atoms with Crippen LogP contribution in [0.5, 0.6) is 0 Å². The highest BCUT2D eigenvalue weighted by molar-refractivity contribution is 6.11. The first-order chi connectivity index (χ1) is 28.8. The van der Waals surface area contributed by atoms with E-state index >= 15 is 0 Å². The predicted molar refractivity (Wildman–Crippen MR) is 246 cm³/mol. The lowest BCUT2D eigenvalue weighted by molar-refractivity contribution is 0.333. The van der Waals surface area contributed by atoms with Gasteiger partial charge in [-0.05, 0) is 110 Å². The van der Waals surface area contributed by atoms with E-state index in [9.17, 15) is 0 Å². The Morgan fingerprint density at radius 2 is 1.00 bits per heavy atom. The standard InChI is InChI=1S/C57H47NO/c1-55(2)34-35-56(3,4)53-43(28-18-31-48(53)55)46-36-45-41-26-14-16-30-47(41)57(38-20-8-5-9-21-38,39-22-10-6-11-23-39)49(45)37-51(46)58(40-24-12-7-13-25-40)50-32-19-29-44-42-27-15-17-33-52(42)59-54(44)50/h5-33,36-37H,34-35H2,1-4H3. The highest BCUT2D eigenvalue weighted by Crippen LogP contribution is 2.60. The molecule has 0 spiro atoms. The molecule has 2 aliphatic carbocycles. The Hall–Kier alpha value is -6.64. The van der Waals surface area contributed by atoms with Crippen LogP contribution in [-0.2, 0) is 16.2 Å². The number of hydrogen-bond donors (Lipinski definition) is 0. The minimum Gasteiger partial charge on any atom is -0.454 e. The average molecular weight is 762 g/mol. The number of nitrogens with zero attached hydrogens (tertiary/aromatic N) is 1. The van der Waals surface area contributed by atoms with E-state index in [-0.39, 0.29) is 10.8 Å². The van der Waals surface area contributed by atoms with Gasteiger partial charge < -0.3 is 9.32 Å². The number of furan rings is 1. The van der Waals surface area contributed by atoms with Gasteiger partial charge in [0.05, 0.1) is 16.8 Å². The average Bonchev–Trinajstić information content (AvgIpc) is 3.80. The SMILES string of the molecule is CC1(C)CCC(C)(C)c2c(-c3cc4c(cc3N(c3ccccc3)c3cccc5c3oc3ccccc35)C(c3ccccc3)(c3ccccc3)c3ccccc3-4)cccc21. The molecule has 0 amide bonds. The number of hydrogen-bond acceptors (Lipinski definition) is 2. The van der Waals surface area contributed by atoms with Crippen LogP contribution in [0.15, 0.2) is 192 Å². The second-order valence-electron chi connectivity index (χ2n) is 17.9. The number of benzene rings is 8. The quantitative estimate of drug-likeness (QED) is 0.168. The summed E-state index contributed by atoms with van der Waals surface area (Å²) in [6.07, 6.45) is 2.28. The number of para-hydroxylation sites is 3. The summed E-state index contributed by atoms with van der Waals surface area (Å²) < 4.78 is 6.89. The molecule has 11 rings (SSSR count). The van der Waals surface area contributed by atoms with Crippen LogP contribution >= 0.6 is 0 Å². The summed E-state index contributed by atoms with van der Waals surface area (Å²) in [6, 6.07) is 69.5. The fourth-order valence-electron chi connectivity index (χ4n) is 10.7. The maximum atomic E-state index is 6.89. The van der Waals surface area contributed by atoms with Crippen LogP contribution in [0.2, 0.25) is 0 Å². The van der Waals surface area contributed by atoms with Gasteiger partial charge >= 0.3 is 0 Å². The van der Waals surface area contributed by atoms with Crippen LogP contribution in [0.25, 0.3) is 44.2 Å². The Labute approximate surface area is 347 Å². The van der Waals surface area contributed by atoms with Gasteiger partial charge in [0.1, 0.15) is 5.58 Å². The van der Waals surface area contributed by atoms with Crippen molar-refractivity contribution in [2.75, 3.05) is 4.90 Å². The van der Waals surface area contributed by atoms with Gasteiger partial charge in [-0.3, -0.25) is 0 Å². The largest absolute Gasteiger partial charge is 0.454 e. The van der Waals surface area contributed by atoms with Crippen molar-refractivity contribution in [3.8, 4) is 22.3 Å². The van der Waals surface area contributed by atoms with Crippen LogP contribution in [0, 0.1) is 0 Å². The number of anilines is 3. The highest BCUT2D eigenvalue weighted by atomic mass is 16.3. The second-order valence-corrected chi connectivity index (χ2v) is 17.9. The van der Waals surface area contributed by atoms with Gasteiger partial charge in [-0.15, -0.1) is 0 Å². The first-order valence-corrected chi connectivity index (χ1v) is 21.1. The van der Waals surface area contributed by atoms with Gasteiger partial charge in [-0.25, -0.2) is 0 Å². The van der Waals surface area contributed by atoms with Crippen LogP contribution in [0.1, 0.15) is 73.9 Å². The molecule has 1 aromatic heterocycles. The molecule has 0 radical (unpaired) electrons. The monoisotopic (exact) mass is 761 g/mol. The van der Waals surface area contributed by atoms with E-state index in [1.807, 2.05) is 0 Å². The zero-order valence-corrected chi connectivity index (χ0v) is 34.2. The summed E-state index contributed by atoms with van der Waals surface area (Å²) >= 11 is 0. The summed E-state index contributed by atoms with van der Waals surface area (Å²) in [5.41, 5.74) is 17.5. The molecule has 1 heterocycles. The maximum Gasteiger partial charge on any atom is 0.159 e. The van der Waals surface area contributed by atoms with E-state index in [0.29, 0.717) is 0 Å². The lowest BCUT2D eigenvalue weighted by Gasteiger charge is -2.43. The van der Waals surface area contributed by atoms with Crippen LogP contribution in [0.3, 0.4) is 0 Å². The smallest absolute Gasteiger partial charge is 0.159 e. The van der Waals surface area contributed by atoms with Gasteiger partial charge in [-0.1, -0.05) is 179 Å². The van der Waals surface area contributed by atoms with E-state index in [4.69, 9.17) is 4.42 Å². The van der Waals surface area contributed by atoms with Gasteiger partial charge in [-0.2, -0.15) is 0 Å². The molecular weight excluding hydrogens is 715 g/mol. The minimum absolute atomic E-state index is 0.0240. The third-order valence-corrected chi connectivity index (χ3v) is 13.6. The third-order valence-electron chi connectivity index (χ3n) is 13.6. The summed E-state index contributed by atoms with van der Waals surface area (Å²) in [7, 11) is 0. The highest BCUT2D eigenvalue weighted by Gasteiger charge is 2.47. The number of rotatable bonds is 6. The zero-order valence-electron chi connectivity index (χ0n) is 34.2. The molecule has 2 aliphatic rings. The lowest BCUT2D eigenvalue weighted by Crippen LogP contribution is -2.34. The van der Waals surface area contributed by atoms with Crippen molar-refractivity contribution in [1.29, 1.82) is 0 Å². The molecule has 2 heteroatoms. The normalized spacial score (nSPS) is 15.7. The fourth-order valence-corrected chi connectivity index (χ4v) is 10.7. The van der Waals surface area contributed by atoms with Crippen molar-refractivity contribution >= 4 is 39.0 Å². The van der Waals surface area contributed by atoms with Crippen LogP contribution in [0.4, 0.5) is 17.1 Å². The molecule has 0 saturated heterocycles. The molecule has 9 aromatic rings. The molecule has 0 bridgehead atoms. The van der Waals surface area contributed by atoms with Crippen LogP contribution < -0.4 is 4.90 Å². The lowest BCUT2D eigenvalue weighted by atomic mass is 9.61. The molecular formula is C57H47NO. The second kappa shape index (κ2) is 13.2. The van der Waals surface area contributed by atoms with Crippen LogP contribution in [-0.4, -0.2) is 0 Å². The molecule has 0 fully saturated rings. The van der Waals surface area contributed by atoms with Gasteiger partial charge in [0.25, 0.3) is 0 Å². The molecule has 0 N–H and O–H groups in total. The molecule has 0 atom stereocenters. The molecule has 0 saturated carbocycles. The Kier molecular flexibility index (Phi) is 7.94. The molecule has 286 valence electrons. The van der Waals surface area contributed by atoms with E-state index in [2.05, 4.69) is 221 Å². The minimum atomic E-state index is -0.563. The van der Waals surface area contributed by atoms with Gasteiger partial charge in [0.15, 0.2) is 5.58 Å². The van der Waals surface area contributed by atoms with Gasteiger partial charge in [0, 0.05) is 22.0 Å². The molecule has 8 aromatic carbocycles. The molecule has 59 heavy (non-hydrogen) atoms. The van der Waals surface area contributed by atoms with Crippen molar-refractivity contribution in [3.05, 3.63) is 221 Å². The van der Waals surface area contributed by atoms with E-state index < -0.39 is 5.41 Å². The zero-order chi connectivity index (χ0) is 39.9. The Morgan fingerprint density at radius 3 is 1.75 bits per heavy atom. The molecule has 0 aliphatic heterocycles. The summed E-state index contributed by atoms with van der Waals surface area (Å²) in [5, 5.41) is 2.23. The van der Waals surface area contributed by atoms with Crippen molar-refractivity contribution in [3.63, 3.8) is 0 Å². The topological polar surface area (TPSA) is 16.4 Å². The predicted octanol–water partition coefficient (Wildman–Crippen LogP) is 15.4. The number of fused-ring (bicyclic) bond motifs is 7. The fraction of sp³-hybridized carbons (Fsp3) is 0.158. The third kappa shape index (κ3) is 5.25. The Balaban J connectivity index is 1.32. The van der Waals surface area contributed by atoms with Crippen molar-refractivity contribution in [2.45, 2.75) is 56.8 Å². The van der Waals surface area contributed by atoms with Crippen molar-refractivity contribution < 1.29 is 4.42 Å². The Bertz CT molecular complexity index is 3010. The first-order valence-electron chi connectivity index (χ1n) is 21.1. The summed E-state index contributed by atoms with van der Waals surface area (Å²) in [6.45, 7) is 9.76. The van der Waals surface area contributed by atoms with E-state index in [1.165, 1.54) is 55.6 Å². The van der Waals surface area contributed by atoms with E-state index in [1.54, 1.807) is 0 Å². The van der Waals surface area contributed by atoms with E-state index in [0.717, 1.165) is 51.8 Å². The maximum absolute atomic E-state index is 6.89. The summed E-state index contributed by atoms with van der Waals surface area (Å²) in [4.78, 5) is 2.48. The van der Waals surface area contributed by atoms with Crippen molar-refractivity contribution in [1.82, 2.24) is 0 Å². The molecule has 0 unspecified atom stereocenters. The first kappa shape index (κ1) is 35.5. The Morgan fingerprint density at radius 1 is 0.424 bits per heavy atom.